The summed E-state index contributed by atoms with van der Waals surface area (Å²) < 4.78 is 41.7. The minimum absolute atomic E-state index is 0.00773. The summed E-state index contributed by atoms with van der Waals surface area (Å²) in [6, 6.07) is 4.45. The van der Waals surface area contributed by atoms with Crippen LogP contribution in [0.5, 0.6) is 0 Å². The van der Waals surface area contributed by atoms with Crippen molar-refractivity contribution in [2.75, 3.05) is 6.54 Å². The molecule has 2 aromatic heterocycles. The average Bonchev–Trinajstić information content (AvgIpc) is 3.03. The summed E-state index contributed by atoms with van der Waals surface area (Å²) >= 11 is 0. The molecule has 0 atom stereocenters. The summed E-state index contributed by atoms with van der Waals surface area (Å²) in [6.45, 7) is 0.00773. The standard InChI is InChI=1S/C15H16FN5O4S/c1-20-13-12(14(22)21(2)15(20)23)18-11(19-13)7-8-17-26(24,25)10-5-3-9(16)4-6-10/h3-6,17H,7-8H2,1-2H3,(H,18,19). The van der Waals surface area contributed by atoms with E-state index in [2.05, 4.69) is 14.7 Å². The van der Waals surface area contributed by atoms with Crippen LogP contribution in [-0.2, 0) is 30.5 Å². The summed E-state index contributed by atoms with van der Waals surface area (Å²) in [6.07, 6.45) is 0.173. The summed E-state index contributed by atoms with van der Waals surface area (Å²) in [4.78, 5) is 30.9. The molecular weight excluding hydrogens is 365 g/mol. The van der Waals surface area contributed by atoms with E-state index in [0.717, 1.165) is 16.7 Å². The van der Waals surface area contributed by atoms with Crippen LogP contribution in [0.25, 0.3) is 11.2 Å². The molecule has 11 heteroatoms. The van der Waals surface area contributed by atoms with Gasteiger partial charge in [-0.2, -0.15) is 0 Å². The number of aromatic nitrogens is 4. The quantitative estimate of drug-likeness (QED) is 0.625. The fourth-order valence-corrected chi connectivity index (χ4v) is 3.52. The monoisotopic (exact) mass is 381 g/mol. The maximum atomic E-state index is 12.9. The van der Waals surface area contributed by atoms with Gasteiger partial charge in [-0.05, 0) is 24.3 Å². The van der Waals surface area contributed by atoms with E-state index in [-0.39, 0.29) is 29.0 Å². The maximum Gasteiger partial charge on any atom is 0.332 e. The van der Waals surface area contributed by atoms with Crippen LogP contribution in [0.2, 0.25) is 0 Å². The van der Waals surface area contributed by atoms with Gasteiger partial charge in [0.15, 0.2) is 5.65 Å². The number of hydrogen-bond donors (Lipinski definition) is 2. The minimum Gasteiger partial charge on any atom is -0.336 e. The lowest BCUT2D eigenvalue weighted by molar-refractivity contribution is 0.580. The van der Waals surface area contributed by atoms with Crippen LogP contribution in [0, 0.1) is 5.82 Å². The number of sulfonamides is 1. The number of rotatable bonds is 5. The molecule has 0 bridgehead atoms. The van der Waals surface area contributed by atoms with Crippen LogP contribution in [0.1, 0.15) is 5.82 Å². The fourth-order valence-electron chi connectivity index (χ4n) is 2.49. The second-order valence-electron chi connectivity index (χ2n) is 5.69. The van der Waals surface area contributed by atoms with E-state index < -0.39 is 27.1 Å². The van der Waals surface area contributed by atoms with Gasteiger partial charge < -0.3 is 4.98 Å². The SMILES string of the molecule is Cn1c(=O)c2[nH]c(CCNS(=O)(=O)c3ccc(F)cc3)nc2n(C)c1=O. The van der Waals surface area contributed by atoms with Crippen molar-refractivity contribution < 1.29 is 12.8 Å². The van der Waals surface area contributed by atoms with E-state index in [9.17, 15) is 22.4 Å². The number of benzene rings is 1. The molecule has 3 rings (SSSR count). The van der Waals surface area contributed by atoms with Crippen LogP contribution in [0.4, 0.5) is 4.39 Å². The molecule has 0 saturated carbocycles. The van der Waals surface area contributed by atoms with Crippen LogP contribution < -0.4 is 16.0 Å². The molecule has 0 fully saturated rings. The molecule has 0 saturated heterocycles. The van der Waals surface area contributed by atoms with Crippen molar-refractivity contribution in [3.8, 4) is 0 Å². The molecule has 0 radical (unpaired) electrons. The van der Waals surface area contributed by atoms with Crippen molar-refractivity contribution in [2.24, 2.45) is 14.1 Å². The molecule has 2 N–H and O–H groups in total. The zero-order valence-corrected chi connectivity index (χ0v) is 14.8. The Bertz CT molecular complexity index is 1190. The summed E-state index contributed by atoms with van der Waals surface area (Å²) in [5, 5.41) is 0. The predicted molar refractivity (Wildman–Crippen MR) is 91.9 cm³/mol. The molecule has 0 amide bonds. The number of H-pyrrole nitrogens is 1. The number of hydrogen-bond acceptors (Lipinski definition) is 5. The second-order valence-corrected chi connectivity index (χ2v) is 7.46. The molecule has 0 aliphatic carbocycles. The highest BCUT2D eigenvalue weighted by molar-refractivity contribution is 7.89. The van der Waals surface area contributed by atoms with Gasteiger partial charge in [-0.1, -0.05) is 0 Å². The van der Waals surface area contributed by atoms with E-state index in [1.54, 1.807) is 0 Å². The maximum absolute atomic E-state index is 12.9. The summed E-state index contributed by atoms with van der Waals surface area (Å²) in [5.74, 6) is -0.168. The Morgan fingerprint density at radius 3 is 2.46 bits per heavy atom. The first-order valence-electron chi connectivity index (χ1n) is 7.60. The Morgan fingerprint density at radius 2 is 1.81 bits per heavy atom. The van der Waals surface area contributed by atoms with Crippen molar-refractivity contribution in [1.29, 1.82) is 0 Å². The van der Waals surface area contributed by atoms with E-state index in [1.165, 1.54) is 30.8 Å². The first-order chi connectivity index (χ1) is 12.2. The normalized spacial score (nSPS) is 12.0. The first-order valence-corrected chi connectivity index (χ1v) is 9.09. The number of imidazole rings is 1. The van der Waals surface area contributed by atoms with Gasteiger partial charge in [0.05, 0.1) is 4.90 Å². The molecule has 0 spiro atoms. The molecule has 26 heavy (non-hydrogen) atoms. The Labute approximate surface area is 147 Å². The number of nitrogens with one attached hydrogen (secondary N) is 2. The highest BCUT2D eigenvalue weighted by Crippen LogP contribution is 2.10. The van der Waals surface area contributed by atoms with Crippen molar-refractivity contribution in [1.82, 2.24) is 23.8 Å². The number of aryl methyl sites for hydroxylation is 1. The van der Waals surface area contributed by atoms with Crippen LogP contribution >= 0.6 is 0 Å². The Balaban J connectivity index is 1.79. The molecule has 0 aliphatic heterocycles. The molecule has 3 aromatic rings. The van der Waals surface area contributed by atoms with E-state index in [4.69, 9.17) is 0 Å². The predicted octanol–water partition coefficient (Wildman–Crippen LogP) is -0.380. The number of nitrogens with zero attached hydrogens (tertiary/aromatic N) is 3. The molecule has 0 unspecified atom stereocenters. The molecule has 0 aliphatic rings. The number of halogens is 1. The largest absolute Gasteiger partial charge is 0.336 e. The van der Waals surface area contributed by atoms with E-state index in [1.807, 2.05) is 0 Å². The van der Waals surface area contributed by atoms with Gasteiger partial charge in [0.2, 0.25) is 10.0 Å². The fraction of sp³-hybridized carbons (Fsp3) is 0.267. The van der Waals surface area contributed by atoms with Crippen LogP contribution in [0.15, 0.2) is 38.8 Å². The van der Waals surface area contributed by atoms with Gasteiger partial charge in [-0.25, -0.2) is 27.3 Å². The third-order valence-electron chi connectivity index (χ3n) is 3.92. The highest BCUT2D eigenvalue weighted by atomic mass is 32.2. The Kier molecular flexibility index (Phi) is 4.50. The molecule has 2 heterocycles. The van der Waals surface area contributed by atoms with E-state index >= 15 is 0 Å². The zero-order chi connectivity index (χ0) is 19.1. The van der Waals surface area contributed by atoms with Gasteiger partial charge in [0, 0.05) is 27.1 Å². The van der Waals surface area contributed by atoms with Gasteiger partial charge >= 0.3 is 5.69 Å². The van der Waals surface area contributed by atoms with Gasteiger partial charge in [0.25, 0.3) is 5.56 Å². The lowest BCUT2D eigenvalue weighted by atomic mass is 10.4. The van der Waals surface area contributed by atoms with Crippen LogP contribution in [-0.4, -0.2) is 34.1 Å². The van der Waals surface area contributed by atoms with Crippen LogP contribution in [0.3, 0.4) is 0 Å². The molecule has 9 nitrogen and oxygen atoms in total. The van der Waals surface area contributed by atoms with Crippen molar-refractivity contribution >= 4 is 21.2 Å². The van der Waals surface area contributed by atoms with Crippen molar-refractivity contribution in [3.05, 3.63) is 56.7 Å². The molecular formula is C15H16FN5O4S. The smallest absolute Gasteiger partial charge is 0.332 e. The lowest BCUT2D eigenvalue weighted by Gasteiger charge is -2.05. The topological polar surface area (TPSA) is 119 Å². The Morgan fingerprint density at radius 1 is 1.15 bits per heavy atom. The second kappa shape index (κ2) is 6.50. The van der Waals surface area contributed by atoms with E-state index in [0.29, 0.717) is 5.82 Å². The molecule has 1 aromatic carbocycles. The molecule has 138 valence electrons. The van der Waals surface area contributed by atoms with Crippen molar-refractivity contribution in [3.63, 3.8) is 0 Å². The van der Waals surface area contributed by atoms with Gasteiger partial charge in [0.1, 0.15) is 17.2 Å². The third kappa shape index (κ3) is 3.18. The number of aromatic amines is 1. The average molecular weight is 381 g/mol. The number of fused-ring (bicyclic) bond motifs is 1. The highest BCUT2D eigenvalue weighted by Gasteiger charge is 2.16. The lowest BCUT2D eigenvalue weighted by Crippen LogP contribution is -2.36. The summed E-state index contributed by atoms with van der Waals surface area (Å²) in [7, 11) is -0.932. The van der Waals surface area contributed by atoms with Crippen molar-refractivity contribution in [2.45, 2.75) is 11.3 Å². The Hall–Kier alpha value is -2.79. The van der Waals surface area contributed by atoms with Gasteiger partial charge in [-0.15, -0.1) is 0 Å². The summed E-state index contributed by atoms with van der Waals surface area (Å²) in [5.41, 5.74) is -0.633. The van der Waals surface area contributed by atoms with Gasteiger partial charge in [-0.3, -0.25) is 13.9 Å². The zero-order valence-electron chi connectivity index (χ0n) is 14.0. The first kappa shape index (κ1) is 18.0. The third-order valence-corrected chi connectivity index (χ3v) is 5.40. The minimum atomic E-state index is -3.79.